The van der Waals surface area contributed by atoms with E-state index in [-0.39, 0.29) is 23.0 Å². The SMILES string of the molecule is O=c1[nH]cccc1Cn1c(=O)nc(NC23CC(Nc4ncc(C(F)(F)F)cn4)(C2)C3)n(Cc2cc(F)c(F)c(F)c2)c1=O. The van der Waals surface area contributed by atoms with Crippen LogP contribution in [0.4, 0.5) is 38.2 Å². The van der Waals surface area contributed by atoms with Gasteiger partial charge < -0.3 is 15.6 Å². The lowest BCUT2D eigenvalue weighted by Crippen LogP contribution is -2.78. The van der Waals surface area contributed by atoms with Crippen molar-refractivity contribution in [3.05, 3.63) is 108 Å². The number of nitrogens with one attached hydrogen (secondary N) is 3. The number of benzene rings is 1. The van der Waals surface area contributed by atoms with Crippen LogP contribution in [0.25, 0.3) is 0 Å². The molecule has 1 aromatic carbocycles. The van der Waals surface area contributed by atoms with Gasteiger partial charge in [0.1, 0.15) is 0 Å². The van der Waals surface area contributed by atoms with Crippen molar-refractivity contribution in [1.82, 2.24) is 29.1 Å². The number of anilines is 2. The van der Waals surface area contributed by atoms with Gasteiger partial charge in [0.2, 0.25) is 11.9 Å². The van der Waals surface area contributed by atoms with Crippen molar-refractivity contribution in [2.75, 3.05) is 10.6 Å². The molecule has 0 atom stereocenters. The van der Waals surface area contributed by atoms with Crippen LogP contribution < -0.4 is 27.6 Å². The molecule has 0 radical (unpaired) electrons. The van der Waals surface area contributed by atoms with Gasteiger partial charge in [-0.15, -0.1) is 0 Å². The van der Waals surface area contributed by atoms with Crippen molar-refractivity contribution in [2.45, 2.75) is 49.6 Å². The minimum absolute atomic E-state index is 0.00445. The summed E-state index contributed by atoms with van der Waals surface area (Å²) in [7, 11) is 0. The van der Waals surface area contributed by atoms with E-state index in [4.69, 9.17) is 0 Å². The van der Waals surface area contributed by atoms with Crippen LogP contribution in [-0.4, -0.2) is 40.1 Å². The van der Waals surface area contributed by atoms with Gasteiger partial charge in [0, 0.05) is 35.2 Å². The maximum atomic E-state index is 14.0. The highest BCUT2D eigenvalue weighted by Crippen LogP contribution is 2.62. The molecule has 3 saturated carbocycles. The molecule has 43 heavy (non-hydrogen) atoms. The van der Waals surface area contributed by atoms with E-state index in [1.165, 1.54) is 18.3 Å². The molecule has 3 aliphatic carbocycles. The number of alkyl halides is 3. The molecule has 3 fully saturated rings. The summed E-state index contributed by atoms with van der Waals surface area (Å²) in [5.41, 5.74) is -4.78. The first-order chi connectivity index (χ1) is 20.3. The van der Waals surface area contributed by atoms with Crippen LogP contribution in [0.3, 0.4) is 0 Å². The molecule has 0 aliphatic heterocycles. The molecule has 2 bridgehead atoms. The predicted molar refractivity (Wildman–Crippen MR) is 138 cm³/mol. The standard InChI is InChI=1S/C26H20F6N8O3/c27-16-4-13(5-17(28)18(16)29)8-39-21(36-22(42)40(23(39)43)9-14-2-1-3-33-19(14)41)38-25-10-24(11-25,12-25)37-20-34-6-15(7-35-20)26(30,31)32/h1-7H,8-12H2,(H,33,41)(H,34,35,37)(H,36,38,42). The van der Waals surface area contributed by atoms with Gasteiger partial charge in [0.15, 0.2) is 17.5 Å². The van der Waals surface area contributed by atoms with E-state index in [1.807, 2.05) is 0 Å². The number of aromatic nitrogens is 6. The minimum atomic E-state index is -4.58. The van der Waals surface area contributed by atoms with Gasteiger partial charge in [-0.25, -0.2) is 37.3 Å². The summed E-state index contributed by atoms with van der Waals surface area (Å²) in [6, 6.07) is 4.31. The number of aromatic amines is 1. The zero-order chi connectivity index (χ0) is 30.7. The van der Waals surface area contributed by atoms with E-state index in [9.17, 15) is 40.7 Å². The van der Waals surface area contributed by atoms with E-state index in [0.29, 0.717) is 48.4 Å². The van der Waals surface area contributed by atoms with Crippen LogP contribution in [-0.2, 0) is 19.3 Å². The average molecular weight is 606 g/mol. The average Bonchev–Trinajstić information content (AvgIpc) is 2.90. The molecule has 0 saturated heterocycles. The molecule has 11 nitrogen and oxygen atoms in total. The Bertz CT molecular complexity index is 1880. The molecule has 17 heteroatoms. The highest BCUT2D eigenvalue weighted by atomic mass is 19.4. The van der Waals surface area contributed by atoms with Crippen LogP contribution >= 0.6 is 0 Å². The summed E-state index contributed by atoms with van der Waals surface area (Å²) in [4.78, 5) is 52.5. The third-order valence-corrected chi connectivity index (χ3v) is 7.53. The molecule has 3 N–H and O–H groups in total. The molecule has 0 amide bonds. The molecule has 4 aromatic rings. The Morgan fingerprint density at radius 3 is 2.14 bits per heavy atom. The smallest absolute Gasteiger partial charge is 0.350 e. The van der Waals surface area contributed by atoms with Crippen molar-refractivity contribution in [2.24, 2.45) is 0 Å². The van der Waals surface area contributed by atoms with Crippen molar-refractivity contribution in [1.29, 1.82) is 0 Å². The van der Waals surface area contributed by atoms with E-state index in [2.05, 4.69) is 30.6 Å². The quantitative estimate of drug-likeness (QED) is 0.206. The van der Waals surface area contributed by atoms with Crippen LogP contribution in [0, 0.1) is 17.5 Å². The summed E-state index contributed by atoms with van der Waals surface area (Å²) >= 11 is 0. The van der Waals surface area contributed by atoms with Gasteiger partial charge in [0.25, 0.3) is 5.56 Å². The molecule has 224 valence electrons. The largest absolute Gasteiger partial charge is 0.419 e. The van der Waals surface area contributed by atoms with Crippen molar-refractivity contribution >= 4 is 11.9 Å². The summed E-state index contributed by atoms with van der Waals surface area (Å²) < 4.78 is 81.5. The monoisotopic (exact) mass is 606 g/mol. The first kappa shape index (κ1) is 28.2. The van der Waals surface area contributed by atoms with E-state index in [1.54, 1.807) is 0 Å². The number of hydrogen-bond donors (Lipinski definition) is 3. The molecular formula is C26H20F6N8O3. The van der Waals surface area contributed by atoms with Crippen molar-refractivity contribution < 1.29 is 26.3 Å². The second kappa shape index (κ2) is 9.81. The second-order valence-corrected chi connectivity index (χ2v) is 10.7. The molecule has 3 heterocycles. The highest BCUT2D eigenvalue weighted by Gasteiger charge is 2.69. The Morgan fingerprint density at radius 1 is 0.907 bits per heavy atom. The fraction of sp³-hybridized carbons (Fsp3) is 0.308. The third-order valence-electron chi connectivity index (χ3n) is 7.53. The highest BCUT2D eigenvalue weighted by molar-refractivity contribution is 5.49. The lowest BCUT2D eigenvalue weighted by molar-refractivity contribution is -0.138. The molecular weight excluding hydrogens is 586 g/mol. The van der Waals surface area contributed by atoms with Gasteiger partial charge in [-0.2, -0.15) is 18.2 Å². The number of halogens is 6. The Kier molecular flexibility index (Phi) is 6.43. The maximum Gasteiger partial charge on any atom is 0.419 e. The van der Waals surface area contributed by atoms with Gasteiger partial charge in [-0.1, -0.05) is 6.07 Å². The fourth-order valence-electron chi connectivity index (χ4n) is 5.60. The van der Waals surface area contributed by atoms with Gasteiger partial charge in [0.05, 0.1) is 18.7 Å². The number of rotatable bonds is 8. The summed E-state index contributed by atoms with van der Waals surface area (Å²) in [5, 5.41) is 6.06. The van der Waals surface area contributed by atoms with E-state index >= 15 is 0 Å². The van der Waals surface area contributed by atoms with Crippen molar-refractivity contribution in [3.63, 3.8) is 0 Å². The van der Waals surface area contributed by atoms with Gasteiger partial charge in [-0.3, -0.25) is 9.36 Å². The molecule has 3 aliphatic rings. The van der Waals surface area contributed by atoms with Crippen LogP contribution in [0.15, 0.2) is 57.2 Å². The lowest BCUT2D eigenvalue weighted by Gasteiger charge is -2.70. The first-order valence-corrected chi connectivity index (χ1v) is 12.7. The van der Waals surface area contributed by atoms with E-state index < -0.39 is 70.3 Å². The van der Waals surface area contributed by atoms with Gasteiger partial charge >= 0.3 is 17.6 Å². The summed E-state index contributed by atoms with van der Waals surface area (Å²) in [5.74, 6) is -4.88. The Balaban J connectivity index is 1.28. The molecule has 0 unspecified atom stereocenters. The topological polar surface area (TPSA) is 140 Å². The van der Waals surface area contributed by atoms with Crippen LogP contribution in [0.2, 0.25) is 0 Å². The number of H-pyrrole nitrogens is 1. The number of hydrogen-bond acceptors (Lipinski definition) is 8. The maximum absolute atomic E-state index is 14.0. The minimum Gasteiger partial charge on any atom is -0.350 e. The zero-order valence-corrected chi connectivity index (χ0v) is 21.8. The molecule has 0 spiro atoms. The van der Waals surface area contributed by atoms with Crippen LogP contribution in [0.5, 0.6) is 0 Å². The van der Waals surface area contributed by atoms with E-state index in [0.717, 1.165) is 4.57 Å². The number of pyridine rings is 1. The lowest BCUT2D eigenvalue weighted by atomic mass is 9.44. The van der Waals surface area contributed by atoms with Crippen LogP contribution in [0.1, 0.15) is 36.0 Å². The first-order valence-electron chi connectivity index (χ1n) is 12.7. The normalized spacial score (nSPS) is 20.7. The van der Waals surface area contributed by atoms with Crippen molar-refractivity contribution in [3.8, 4) is 0 Å². The number of nitrogens with zero attached hydrogens (tertiary/aromatic N) is 5. The summed E-state index contributed by atoms with van der Waals surface area (Å²) in [6.07, 6.45) is -0.714. The predicted octanol–water partition coefficient (Wildman–Crippen LogP) is 2.62. The summed E-state index contributed by atoms with van der Waals surface area (Å²) in [6.45, 7) is -0.953. The Morgan fingerprint density at radius 2 is 1.53 bits per heavy atom. The third kappa shape index (κ3) is 5.14. The van der Waals surface area contributed by atoms with Gasteiger partial charge in [-0.05, 0) is 43.0 Å². The Hall–Kier alpha value is -4.96. The molecule has 7 rings (SSSR count). The zero-order valence-electron chi connectivity index (χ0n) is 21.8. The second-order valence-electron chi connectivity index (χ2n) is 10.7. The fourth-order valence-corrected chi connectivity index (χ4v) is 5.60. The molecule has 3 aromatic heterocycles. The Labute approximate surface area is 236 Å².